The van der Waals surface area contributed by atoms with Gasteiger partial charge in [-0.2, -0.15) is 0 Å². The lowest BCUT2D eigenvalue weighted by Gasteiger charge is -2.45. The van der Waals surface area contributed by atoms with E-state index in [1.54, 1.807) is 7.05 Å². The van der Waals surface area contributed by atoms with Crippen molar-refractivity contribution < 1.29 is 9.59 Å². The Morgan fingerprint density at radius 1 is 1.17 bits per heavy atom. The maximum atomic E-state index is 12.7. The zero-order chi connectivity index (χ0) is 16.9. The van der Waals surface area contributed by atoms with E-state index in [4.69, 9.17) is 0 Å². The molecule has 0 aromatic heterocycles. The van der Waals surface area contributed by atoms with Gasteiger partial charge in [0.1, 0.15) is 5.54 Å². The van der Waals surface area contributed by atoms with Gasteiger partial charge in [-0.15, -0.1) is 0 Å². The highest BCUT2D eigenvalue weighted by Gasteiger charge is 2.49. The molecule has 2 rings (SSSR count). The van der Waals surface area contributed by atoms with Crippen molar-refractivity contribution in [2.24, 2.45) is 0 Å². The molecule has 1 aliphatic heterocycles. The van der Waals surface area contributed by atoms with Gasteiger partial charge in [-0.3, -0.25) is 14.5 Å². The van der Waals surface area contributed by atoms with E-state index in [0.29, 0.717) is 6.54 Å². The van der Waals surface area contributed by atoms with Crippen LogP contribution in [-0.2, 0) is 9.59 Å². The van der Waals surface area contributed by atoms with Crippen LogP contribution in [0, 0.1) is 0 Å². The van der Waals surface area contributed by atoms with Crippen molar-refractivity contribution in [2.45, 2.75) is 56.5 Å². The number of likely N-dealkylation sites (tertiary alicyclic amines) is 1. The molecule has 1 atom stereocenters. The highest BCUT2D eigenvalue weighted by atomic mass is 16.2. The smallest absolute Gasteiger partial charge is 0.240 e. The van der Waals surface area contributed by atoms with Crippen molar-refractivity contribution in [1.82, 2.24) is 20.4 Å². The fourth-order valence-electron chi connectivity index (χ4n) is 4.09. The van der Waals surface area contributed by atoms with Gasteiger partial charge in [0, 0.05) is 26.7 Å². The lowest BCUT2D eigenvalue weighted by atomic mass is 9.79. The summed E-state index contributed by atoms with van der Waals surface area (Å²) in [4.78, 5) is 29.5. The number of rotatable bonds is 6. The number of hydrogen-bond donors (Lipinski definition) is 2. The zero-order valence-electron chi connectivity index (χ0n) is 14.9. The highest BCUT2D eigenvalue weighted by molar-refractivity contribution is 5.88. The normalized spacial score (nSPS) is 24.6. The summed E-state index contributed by atoms with van der Waals surface area (Å²) < 4.78 is 0. The summed E-state index contributed by atoms with van der Waals surface area (Å²) in [6, 6.07) is -0.160. The molecule has 1 saturated heterocycles. The highest BCUT2D eigenvalue weighted by Crippen LogP contribution is 2.38. The monoisotopic (exact) mass is 324 g/mol. The summed E-state index contributed by atoms with van der Waals surface area (Å²) in [7, 11) is 5.70. The van der Waals surface area contributed by atoms with Crippen LogP contribution >= 0.6 is 0 Å². The third kappa shape index (κ3) is 4.04. The summed E-state index contributed by atoms with van der Waals surface area (Å²) in [5.41, 5.74) is -0.479. The third-order valence-corrected chi connectivity index (χ3v) is 5.29. The van der Waals surface area contributed by atoms with Crippen LogP contribution in [0.1, 0.15) is 44.9 Å². The molecule has 1 unspecified atom stereocenters. The molecular formula is C17H32N4O2. The first-order chi connectivity index (χ1) is 11.0. The van der Waals surface area contributed by atoms with E-state index >= 15 is 0 Å². The van der Waals surface area contributed by atoms with E-state index in [2.05, 4.69) is 20.4 Å². The minimum Gasteiger partial charge on any atom is -0.358 e. The van der Waals surface area contributed by atoms with Crippen LogP contribution in [0.3, 0.4) is 0 Å². The lowest BCUT2D eigenvalue weighted by molar-refractivity contribution is -0.140. The number of nitrogens with zero attached hydrogens (tertiary/aromatic N) is 2. The molecule has 6 nitrogen and oxygen atoms in total. The van der Waals surface area contributed by atoms with E-state index in [9.17, 15) is 9.59 Å². The topological polar surface area (TPSA) is 64.7 Å². The van der Waals surface area contributed by atoms with Crippen LogP contribution in [0.5, 0.6) is 0 Å². The van der Waals surface area contributed by atoms with Gasteiger partial charge in [-0.25, -0.2) is 0 Å². The van der Waals surface area contributed by atoms with Crippen LogP contribution in [0.4, 0.5) is 0 Å². The Morgan fingerprint density at radius 3 is 2.48 bits per heavy atom. The molecule has 0 radical (unpaired) electrons. The summed E-state index contributed by atoms with van der Waals surface area (Å²) in [6.45, 7) is 2.33. The molecule has 1 heterocycles. The Morgan fingerprint density at radius 2 is 1.87 bits per heavy atom. The SMILES string of the molecule is CNC(=O)C1(N2CCCC2C(=O)NCCN(C)C)CCCCC1. The predicted molar refractivity (Wildman–Crippen MR) is 91.2 cm³/mol. The van der Waals surface area contributed by atoms with Gasteiger partial charge in [-0.1, -0.05) is 19.3 Å². The average Bonchev–Trinajstić information content (AvgIpc) is 3.04. The number of carbonyl (C=O) groups excluding carboxylic acids is 2. The molecule has 1 aliphatic carbocycles. The van der Waals surface area contributed by atoms with Crippen LogP contribution in [-0.4, -0.2) is 74.0 Å². The van der Waals surface area contributed by atoms with E-state index in [1.807, 2.05) is 14.1 Å². The number of carbonyl (C=O) groups is 2. The molecule has 0 bridgehead atoms. The molecule has 2 N–H and O–H groups in total. The number of likely N-dealkylation sites (N-methyl/N-ethyl adjacent to an activating group) is 2. The molecule has 0 spiro atoms. The van der Waals surface area contributed by atoms with E-state index < -0.39 is 5.54 Å². The van der Waals surface area contributed by atoms with Crippen molar-refractivity contribution in [1.29, 1.82) is 0 Å². The second-order valence-electron chi connectivity index (χ2n) is 7.12. The standard InChI is InChI=1S/C17H32N4O2/c1-18-16(23)17(9-5-4-6-10-17)21-12-7-8-14(21)15(22)19-11-13-20(2)3/h14H,4-13H2,1-3H3,(H,18,23)(H,19,22). The zero-order valence-corrected chi connectivity index (χ0v) is 14.9. The maximum Gasteiger partial charge on any atom is 0.240 e. The molecule has 6 heteroatoms. The maximum absolute atomic E-state index is 12.7. The van der Waals surface area contributed by atoms with Gasteiger partial charge in [0.05, 0.1) is 6.04 Å². The third-order valence-electron chi connectivity index (χ3n) is 5.29. The Hall–Kier alpha value is -1.14. The molecule has 0 aromatic carbocycles. The van der Waals surface area contributed by atoms with Gasteiger partial charge in [-0.05, 0) is 39.8 Å². The first kappa shape index (κ1) is 18.2. The Bertz CT molecular complexity index is 419. The van der Waals surface area contributed by atoms with Gasteiger partial charge >= 0.3 is 0 Å². The minimum atomic E-state index is -0.479. The quantitative estimate of drug-likeness (QED) is 0.750. The van der Waals surface area contributed by atoms with Crippen LogP contribution in [0.25, 0.3) is 0 Å². The Labute approximate surface area is 140 Å². The van der Waals surface area contributed by atoms with Crippen molar-refractivity contribution >= 4 is 11.8 Å². The van der Waals surface area contributed by atoms with Gasteiger partial charge < -0.3 is 15.5 Å². The van der Waals surface area contributed by atoms with E-state index in [1.165, 1.54) is 6.42 Å². The molecular weight excluding hydrogens is 292 g/mol. The largest absolute Gasteiger partial charge is 0.358 e. The van der Waals surface area contributed by atoms with Crippen LogP contribution in [0.2, 0.25) is 0 Å². The van der Waals surface area contributed by atoms with E-state index in [0.717, 1.165) is 51.6 Å². The minimum absolute atomic E-state index is 0.0817. The van der Waals surface area contributed by atoms with Crippen molar-refractivity contribution in [3.05, 3.63) is 0 Å². The summed E-state index contributed by atoms with van der Waals surface area (Å²) >= 11 is 0. The molecule has 0 aromatic rings. The summed E-state index contributed by atoms with van der Waals surface area (Å²) in [6.07, 6.45) is 6.91. The molecule has 2 amide bonds. The fraction of sp³-hybridized carbons (Fsp3) is 0.882. The van der Waals surface area contributed by atoms with Crippen molar-refractivity contribution in [2.75, 3.05) is 40.8 Å². The van der Waals surface area contributed by atoms with E-state index in [-0.39, 0.29) is 17.9 Å². The molecule has 23 heavy (non-hydrogen) atoms. The Balaban J connectivity index is 2.08. The molecule has 1 saturated carbocycles. The molecule has 132 valence electrons. The van der Waals surface area contributed by atoms with Crippen LogP contribution in [0.15, 0.2) is 0 Å². The number of nitrogens with one attached hydrogen (secondary N) is 2. The number of amides is 2. The fourth-order valence-corrected chi connectivity index (χ4v) is 4.09. The predicted octanol–water partition coefficient (Wildman–Crippen LogP) is 0.578. The average molecular weight is 324 g/mol. The first-order valence-corrected chi connectivity index (χ1v) is 8.92. The Kier molecular flexibility index (Phi) is 6.41. The summed E-state index contributed by atoms with van der Waals surface area (Å²) in [5, 5.41) is 5.90. The van der Waals surface area contributed by atoms with Crippen molar-refractivity contribution in [3.63, 3.8) is 0 Å². The molecule has 2 aliphatic rings. The van der Waals surface area contributed by atoms with Crippen LogP contribution < -0.4 is 10.6 Å². The van der Waals surface area contributed by atoms with Crippen molar-refractivity contribution in [3.8, 4) is 0 Å². The lowest BCUT2D eigenvalue weighted by Crippen LogP contribution is -2.63. The number of hydrogen-bond acceptors (Lipinski definition) is 4. The van der Waals surface area contributed by atoms with Gasteiger partial charge in [0.25, 0.3) is 0 Å². The van der Waals surface area contributed by atoms with Gasteiger partial charge in [0.2, 0.25) is 11.8 Å². The summed E-state index contributed by atoms with van der Waals surface area (Å²) in [5.74, 6) is 0.170. The van der Waals surface area contributed by atoms with Gasteiger partial charge in [0.15, 0.2) is 0 Å². The first-order valence-electron chi connectivity index (χ1n) is 8.92. The molecule has 2 fully saturated rings. The second-order valence-corrected chi connectivity index (χ2v) is 7.12. The second kappa shape index (κ2) is 8.11.